The van der Waals surface area contributed by atoms with E-state index in [4.69, 9.17) is 16.3 Å². The maximum atomic E-state index is 11.8. The van der Waals surface area contributed by atoms with E-state index < -0.39 is 18.5 Å². The number of rotatable bonds is 7. The van der Waals surface area contributed by atoms with Crippen molar-refractivity contribution in [1.29, 1.82) is 0 Å². The number of hydrogen-bond donors (Lipinski definition) is 2. The first-order valence-corrected chi connectivity index (χ1v) is 7.76. The van der Waals surface area contributed by atoms with Gasteiger partial charge in [0.2, 0.25) is 5.91 Å². The lowest BCUT2D eigenvalue weighted by atomic mass is 10.2. The van der Waals surface area contributed by atoms with Crippen molar-refractivity contribution in [2.45, 2.75) is 13.3 Å². The van der Waals surface area contributed by atoms with Gasteiger partial charge in [-0.1, -0.05) is 34.5 Å². The molecule has 0 heterocycles. The molecule has 8 heteroatoms. The summed E-state index contributed by atoms with van der Waals surface area (Å²) in [5, 5.41) is 5.19. The molecule has 22 heavy (non-hydrogen) atoms. The van der Waals surface area contributed by atoms with E-state index in [0.717, 1.165) is 6.42 Å². The van der Waals surface area contributed by atoms with Crippen LogP contribution < -0.4 is 10.6 Å². The summed E-state index contributed by atoms with van der Waals surface area (Å²) in [6.07, 6.45) is 0.810. The number of nitrogens with one attached hydrogen (secondary N) is 2. The Morgan fingerprint density at radius 3 is 2.64 bits per heavy atom. The number of benzene rings is 1. The zero-order valence-corrected chi connectivity index (χ0v) is 14.3. The van der Waals surface area contributed by atoms with Gasteiger partial charge in [0.1, 0.15) is 0 Å². The molecule has 0 atom stereocenters. The molecule has 1 aromatic rings. The zero-order chi connectivity index (χ0) is 16.5. The fraction of sp³-hybridized carbons (Fsp3) is 0.357. The third kappa shape index (κ3) is 6.44. The highest BCUT2D eigenvalue weighted by Crippen LogP contribution is 2.21. The lowest BCUT2D eigenvalue weighted by Gasteiger charge is -2.08. The normalized spacial score (nSPS) is 9.95. The maximum Gasteiger partial charge on any atom is 0.340 e. The van der Waals surface area contributed by atoms with Gasteiger partial charge in [0.25, 0.3) is 5.91 Å². The molecule has 0 aromatic heterocycles. The molecule has 2 amide bonds. The molecule has 1 rings (SSSR count). The first kappa shape index (κ1) is 18.4. The van der Waals surface area contributed by atoms with Gasteiger partial charge in [-0.3, -0.25) is 9.59 Å². The van der Waals surface area contributed by atoms with Crippen molar-refractivity contribution in [3.05, 3.63) is 33.3 Å². The second kappa shape index (κ2) is 9.42. The van der Waals surface area contributed by atoms with Gasteiger partial charge in [-0.25, -0.2) is 4.79 Å². The van der Waals surface area contributed by atoms with E-state index in [1.54, 1.807) is 12.1 Å². The summed E-state index contributed by atoms with van der Waals surface area (Å²) >= 11 is 9.10. The van der Waals surface area contributed by atoms with Crippen LogP contribution in [0, 0.1) is 0 Å². The molecule has 0 radical (unpaired) electrons. The Labute approximate surface area is 141 Å². The molecule has 120 valence electrons. The van der Waals surface area contributed by atoms with Crippen molar-refractivity contribution in [3.8, 4) is 0 Å². The smallest absolute Gasteiger partial charge is 0.340 e. The minimum atomic E-state index is -0.711. The SMILES string of the molecule is CCCNC(=O)CNC(=O)COC(=O)c1cc(Br)ccc1Cl. The fourth-order valence-corrected chi connectivity index (χ4v) is 1.98. The summed E-state index contributed by atoms with van der Waals surface area (Å²) < 4.78 is 5.52. The van der Waals surface area contributed by atoms with E-state index in [9.17, 15) is 14.4 Å². The predicted octanol–water partition coefficient (Wildman–Crippen LogP) is 1.90. The van der Waals surface area contributed by atoms with Crippen molar-refractivity contribution in [3.63, 3.8) is 0 Å². The number of hydrogen-bond acceptors (Lipinski definition) is 4. The Morgan fingerprint density at radius 2 is 1.95 bits per heavy atom. The average molecular weight is 392 g/mol. The molecule has 2 N–H and O–H groups in total. The second-order valence-electron chi connectivity index (χ2n) is 4.33. The number of carbonyl (C=O) groups excluding carboxylic acids is 3. The Bertz CT molecular complexity index is 566. The van der Waals surface area contributed by atoms with Crippen LogP contribution in [0.3, 0.4) is 0 Å². The van der Waals surface area contributed by atoms with Crippen LogP contribution in [0.2, 0.25) is 5.02 Å². The summed E-state index contributed by atoms with van der Waals surface area (Å²) in [4.78, 5) is 34.6. The van der Waals surface area contributed by atoms with Gasteiger partial charge in [-0.15, -0.1) is 0 Å². The Morgan fingerprint density at radius 1 is 1.23 bits per heavy atom. The van der Waals surface area contributed by atoms with Crippen molar-refractivity contribution >= 4 is 45.3 Å². The van der Waals surface area contributed by atoms with Crippen LogP contribution in [-0.4, -0.2) is 37.5 Å². The van der Waals surface area contributed by atoms with Crippen LogP contribution in [-0.2, 0) is 14.3 Å². The van der Waals surface area contributed by atoms with E-state index >= 15 is 0 Å². The molecule has 1 aromatic carbocycles. The molecular weight excluding hydrogens is 376 g/mol. The highest BCUT2D eigenvalue weighted by atomic mass is 79.9. The minimum absolute atomic E-state index is 0.157. The molecule has 0 aliphatic rings. The molecule has 0 aliphatic heterocycles. The Balaban J connectivity index is 2.39. The van der Waals surface area contributed by atoms with Crippen molar-refractivity contribution in [2.24, 2.45) is 0 Å². The lowest BCUT2D eigenvalue weighted by molar-refractivity contribution is -0.127. The van der Waals surface area contributed by atoms with Crippen LogP contribution in [0.4, 0.5) is 0 Å². The van der Waals surface area contributed by atoms with E-state index in [2.05, 4.69) is 26.6 Å². The quantitative estimate of drug-likeness (QED) is 0.695. The van der Waals surface area contributed by atoms with Crippen LogP contribution in [0.5, 0.6) is 0 Å². The molecule has 0 aliphatic carbocycles. The average Bonchev–Trinajstić information content (AvgIpc) is 2.50. The number of amides is 2. The summed E-state index contributed by atoms with van der Waals surface area (Å²) in [5.74, 6) is -1.57. The summed E-state index contributed by atoms with van der Waals surface area (Å²) in [6.45, 7) is 1.83. The van der Waals surface area contributed by atoms with E-state index in [1.165, 1.54) is 6.07 Å². The third-order valence-corrected chi connectivity index (χ3v) is 3.32. The first-order valence-electron chi connectivity index (χ1n) is 6.59. The van der Waals surface area contributed by atoms with Gasteiger partial charge in [0, 0.05) is 11.0 Å². The largest absolute Gasteiger partial charge is 0.452 e. The molecule has 0 unspecified atom stereocenters. The van der Waals surface area contributed by atoms with Gasteiger partial charge in [0.15, 0.2) is 6.61 Å². The summed E-state index contributed by atoms with van der Waals surface area (Å²) in [7, 11) is 0. The number of esters is 1. The van der Waals surface area contributed by atoms with E-state index in [-0.39, 0.29) is 23.0 Å². The van der Waals surface area contributed by atoms with Crippen LogP contribution in [0.15, 0.2) is 22.7 Å². The highest BCUT2D eigenvalue weighted by molar-refractivity contribution is 9.10. The second-order valence-corrected chi connectivity index (χ2v) is 5.65. The van der Waals surface area contributed by atoms with Gasteiger partial charge < -0.3 is 15.4 Å². The molecule has 0 bridgehead atoms. The molecule has 0 saturated carbocycles. The van der Waals surface area contributed by atoms with Crippen LogP contribution >= 0.6 is 27.5 Å². The van der Waals surface area contributed by atoms with Gasteiger partial charge >= 0.3 is 5.97 Å². The van der Waals surface area contributed by atoms with Gasteiger partial charge in [-0.2, -0.15) is 0 Å². The number of carbonyl (C=O) groups is 3. The van der Waals surface area contributed by atoms with Crippen LogP contribution in [0.25, 0.3) is 0 Å². The van der Waals surface area contributed by atoms with Gasteiger partial charge in [-0.05, 0) is 24.6 Å². The standard InChI is InChI=1S/C14H16BrClN2O4/c1-2-5-17-12(19)7-18-13(20)8-22-14(21)10-6-9(15)3-4-11(10)16/h3-4,6H,2,5,7-8H2,1H3,(H,17,19)(H,18,20). The van der Waals surface area contributed by atoms with Crippen LogP contribution in [0.1, 0.15) is 23.7 Å². The minimum Gasteiger partial charge on any atom is -0.452 e. The number of halogens is 2. The molecule has 0 fully saturated rings. The maximum absolute atomic E-state index is 11.8. The monoisotopic (exact) mass is 390 g/mol. The van der Waals surface area contributed by atoms with E-state index in [0.29, 0.717) is 11.0 Å². The summed E-state index contributed by atoms with van der Waals surface area (Å²) in [6, 6.07) is 4.72. The fourth-order valence-electron chi connectivity index (χ4n) is 1.42. The van der Waals surface area contributed by atoms with E-state index in [1.807, 2.05) is 6.92 Å². The molecule has 0 saturated heterocycles. The Hall–Kier alpha value is -1.60. The predicted molar refractivity (Wildman–Crippen MR) is 85.7 cm³/mol. The third-order valence-electron chi connectivity index (χ3n) is 2.50. The van der Waals surface area contributed by atoms with Crippen molar-refractivity contribution < 1.29 is 19.1 Å². The zero-order valence-electron chi connectivity index (χ0n) is 11.9. The van der Waals surface area contributed by atoms with Crippen molar-refractivity contribution in [1.82, 2.24) is 10.6 Å². The number of ether oxygens (including phenoxy) is 1. The topological polar surface area (TPSA) is 84.5 Å². The molecule has 0 spiro atoms. The molecule has 6 nitrogen and oxygen atoms in total. The molecular formula is C14H16BrClN2O4. The highest BCUT2D eigenvalue weighted by Gasteiger charge is 2.14. The Kier molecular flexibility index (Phi) is 7.90. The lowest BCUT2D eigenvalue weighted by Crippen LogP contribution is -2.38. The summed E-state index contributed by atoms with van der Waals surface area (Å²) in [5.41, 5.74) is 0.157. The first-order chi connectivity index (χ1) is 10.4. The van der Waals surface area contributed by atoms with Crippen molar-refractivity contribution in [2.75, 3.05) is 19.7 Å². The van der Waals surface area contributed by atoms with Gasteiger partial charge in [0.05, 0.1) is 17.1 Å².